The Morgan fingerprint density at radius 3 is 2.19 bits per heavy atom. The largest absolute Gasteiger partial charge is 0.497 e. The van der Waals surface area contributed by atoms with Crippen LogP contribution in [-0.2, 0) is 21.4 Å². The number of ether oxygens (including phenoxy) is 4. The summed E-state index contributed by atoms with van der Waals surface area (Å²) in [6.45, 7) is -0.134. The summed E-state index contributed by atoms with van der Waals surface area (Å²) in [6, 6.07) is 10.4. The summed E-state index contributed by atoms with van der Waals surface area (Å²) < 4.78 is 49.0. The van der Waals surface area contributed by atoms with Gasteiger partial charge in [-0.1, -0.05) is 0 Å². The SMILES string of the molecule is COc1ccc(Oc2c(CNS(=O)(=O)CC(=O)O)sc3cc(OC)c(OC)cc23)cc1. The molecule has 0 aliphatic carbocycles. The van der Waals surface area contributed by atoms with E-state index >= 15 is 0 Å². The van der Waals surface area contributed by atoms with Gasteiger partial charge in [-0.3, -0.25) is 4.79 Å². The molecule has 0 saturated heterocycles. The van der Waals surface area contributed by atoms with Crippen molar-refractivity contribution < 1.29 is 37.3 Å². The van der Waals surface area contributed by atoms with Gasteiger partial charge in [0.25, 0.3) is 0 Å². The Hall–Kier alpha value is -3.02. The average Bonchev–Trinajstić information content (AvgIpc) is 3.07. The van der Waals surface area contributed by atoms with Crippen molar-refractivity contribution in [3.8, 4) is 28.7 Å². The quantitative estimate of drug-likeness (QED) is 0.466. The number of thiophene rings is 1. The minimum Gasteiger partial charge on any atom is -0.497 e. The van der Waals surface area contributed by atoms with Crippen LogP contribution in [0.1, 0.15) is 4.88 Å². The monoisotopic (exact) mass is 467 g/mol. The molecule has 2 N–H and O–H groups in total. The van der Waals surface area contributed by atoms with Crippen LogP contribution in [0.5, 0.6) is 28.7 Å². The third kappa shape index (κ3) is 5.37. The first-order chi connectivity index (χ1) is 14.8. The molecule has 0 saturated carbocycles. The van der Waals surface area contributed by atoms with E-state index in [0.29, 0.717) is 39.0 Å². The molecule has 0 spiro atoms. The lowest BCUT2D eigenvalue weighted by molar-refractivity contribution is -0.134. The lowest BCUT2D eigenvalue weighted by Gasteiger charge is -2.11. The Balaban J connectivity index is 2.03. The Labute approximate surface area is 183 Å². The highest BCUT2D eigenvalue weighted by Gasteiger charge is 2.21. The first-order valence-corrected chi connectivity index (χ1v) is 11.4. The summed E-state index contributed by atoms with van der Waals surface area (Å²) in [5, 5.41) is 9.49. The predicted octanol–water partition coefficient (Wildman–Crippen LogP) is 3.22. The number of fused-ring (bicyclic) bond motifs is 1. The zero-order valence-electron chi connectivity index (χ0n) is 17.0. The van der Waals surface area contributed by atoms with E-state index in [0.717, 1.165) is 4.70 Å². The number of sulfonamides is 1. The van der Waals surface area contributed by atoms with Crippen molar-refractivity contribution in [3.05, 3.63) is 41.3 Å². The number of carbonyl (C=O) groups is 1. The minimum absolute atomic E-state index is 0.134. The lowest BCUT2D eigenvalue weighted by Crippen LogP contribution is -2.29. The smallest absolute Gasteiger partial charge is 0.320 e. The molecule has 0 unspecified atom stereocenters. The van der Waals surface area contributed by atoms with E-state index in [2.05, 4.69) is 4.72 Å². The van der Waals surface area contributed by atoms with Crippen LogP contribution in [0.25, 0.3) is 10.1 Å². The molecule has 0 atom stereocenters. The number of methoxy groups -OCH3 is 3. The average molecular weight is 468 g/mol. The number of carboxylic acids is 1. The van der Waals surface area contributed by atoms with Gasteiger partial charge in [0, 0.05) is 22.7 Å². The van der Waals surface area contributed by atoms with Crippen LogP contribution in [0.15, 0.2) is 36.4 Å². The van der Waals surface area contributed by atoms with Crippen LogP contribution in [0.3, 0.4) is 0 Å². The Kier molecular flexibility index (Phi) is 6.88. The summed E-state index contributed by atoms with van der Waals surface area (Å²) >= 11 is 1.30. The van der Waals surface area contributed by atoms with E-state index in [1.54, 1.807) is 43.5 Å². The second-order valence-corrected chi connectivity index (χ2v) is 9.25. The number of nitrogens with one attached hydrogen (secondary N) is 1. The van der Waals surface area contributed by atoms with E-state index in [9.17, 15) is 13.2 Å². The molecule has 3 aromatic rings. The van der Waals surface area contributed by atoms with Gasteiger partial charge < -0.3 is 24.1 Å². The van der Waals surface area contributed by atoms with Crippen LogP contribution in [-0.4, -0.2) is 46.6 Å². The molecule has 1 heterocycles. The summed E-state index contributed by atoms with van der Waals surface area (Å²) in [4.78, 5) is 11.4. The number of carboxylic acid groups (broad SMARTS) is 1. The normalized spacial score (nSPS) is 11.3. The van der Waals surface area contributed by atoms with Crippen LogP contribution in [0.2, 0.25) is 0 Å². The van der Waals surface area contributed by atoms with Crippen molar-refractivity contribution in [2.75, 3.05) is 27.1 Å². The number of aliphatic carboxylic acids is 1. The van der Waals surface area contributed by atoms with E-state index in [4.69, 9.17) is 24.1 Å². The molecule has 0 radical (unpaired) electrons. The molecule has 0 fully saturated rings. The van der Waals surface area contributed by atoms with Gasteiger partial charge in [0.1, 0.15) is 11.5 Å². The molecule has 1 aromatic heterocycles. The van der Waals surface area contributed by atoms with Crippen molar-refractivity contribution in [1.82, 2.24) is 4.72 Å². The van der Waals surface area contributed by atoms with Gasteiger partial charge in [0.15, 0.2) is 23.0 Å². The Morgan fingerprint density at radius 1 is 1.00 bits per heavy atom. The van der Waals surface area contributed by atoms with E-state index < -0.39 is 21.7 Å². The molecule has 11 heteroatoms. The highest BCUT2D eigenvalue weighted by Crippen LogP contribution is 2.45. The van der Waals surface area contributed by atoms with Crippen LogP contribution in [0, 0.1) is 0 Å². The van der Waals surface area contributed by atoms with Crippen molar-refractivity contribution in [2.45, 2.75) is 6.54 Å². The molecule has 0 aliphatic rings. The molecule has 31 heavy (non-hydrogen) atoms. The van der Waals surface area contributed by atoms with Crippen molar-refractivity contribution >= 4 is 37.4 Å². The standard InChI is InChI=1S/C20H21NO8S2/c1-26-12-4-6-13(7-5-12)29-20-14-8-15(27-2)16(28-3)9-17(14)30-18(20)10-21-31(24,25)11-19(22)23/h4-9,21H,10-11H2,1-3H3,(H,22,23). The van der Waals surface area contributed by atoms with Gasteiger partial charge in [0.2, 0.25) is 10.0 Å². The zero-order chi connectivity index (χ0) is 22.6. The first-order valence-electron chi connectivity index (χ1n) is 8.94. The van der Waals surface area contributed by atoms with Gasteiger partial charge in [0.05, 0.1) is 26.2 Å². The highest BCUT2D eigenvalue weighted by molar-refractivity contribution is 7.90. The number of rotatable bonds is 10. The summed E-state index contributed by atoms with van der Waals surface area (Å²) in [7, 11) is 0.589. The summed E-state index contributed by atoms with van der Waals surface area (Å²) in [5.74, 6) is 0.169. The third-order valence-electron chi connectivity index (χ3n) is 4.26. The van der Waals surface area contributed by atoms with Gasteiger partial charge in [-0.2, -0.15) is 0 Å². The van der Waals surface area contributed by atoms with E-state index in [-0.39, 0.29) is 6.54 Å². The Bertz CT molecular complexity index is 1190. The second kappa shape index (κ2) is 9.41. The Morgan fingerprint density at radius 2 is 1.61 bits per heavy atom. The number of benzene rings is 2. The van der Waals surface area contributed by atoms with Crippen LogP contribution >= 0.6 is 11.3 Å². The molecule has 2 aromatic carbocycles. The highest BCUT2D eigenvalue weighted by atomic mass is 32.2. The van der Waals surface area contributed by atoms with Crippen molar-refractivity contribution in [3.63, 3.8) is 0 Å². The van der Waals surface area contributed by atoms with E-state index in [1.807, 2.05) is 0 Å². The number of hydrogen-bond donors (Lipinski definition) is 2. The van der Waals surface area contributed by atoms with Gasteiger partial charge in [-0.15, -0.1) is 11.3 Å². The first kappa shape index (κ1) is 22.7. The van der Waals surface area contributed by atoms with Crippen molar-refractivity contribution in [2.24, 2.45) is 0 Å². The molecule has 0 aliphatic heterocycles. The fourth-order valence-corrected chi connectivity index (χ4v) is 4.79. The molecule has 3 rings (SSSR count). The summed E-state index contributed by atoms with van der Waals surface area (Å²) in [6.07, 6.45) is 0. The molecule has 0 amide bonds. The fourth-order valence-electron chi connectivity index (χ4n) is 2.83. The molecular formula is C20H21NO8S2. The van der Waals surface area contributed by atoms with E-state index in [1.165, 1.54) is 25.6 Å². The maximum Gasteiger partial charge on any atom is 0.320 e. The number of hydrogen-bond acceptors (Lipinski definition) is 8. The molecule has 9 nitrogen and oxygen atoms in total. The molecule has 0 bridgehead atoms. The predicted molar refractivity (Wildman–Crippen MR) is 116 cm³/mol. The third-order valence-corrected chi connectivity index (χ3v) is 6.61. The molecular weight excluding hydrogens is 446 g/mol. The minimum atomic E-state index is -4.01. The van der Waals surface area contributed by atoms with Crippen LogP contribution in [0.4, 0.5) is 0 Å². The maximum atomic E-state index is 12.0. The van der Waals surface area contributed by atoms with Crippen LogP contribution < -0.4 is 23.7 Å². The second-order valence-electron chi connectivity index (χ2n) is 6.31. The lowest BCUT2D eigenvalue weighted by atomic mass is 10.2. The fraction of sp³-hybridized carbons (Fsp3) is 0.250. The summed E-state index contributed by atoms with van der Waals surface area (Å²) in [5.41, 5.74) is 0. The van der Waals surface area contributed by atoms with Gasteiger partial charge >= 0.3 is 5.97 Å². The van der Waals surface area contributed by atoms with Gasteiger partial charge in [-0.25, -0.2) is 13.1 Å². The molecule has 166 valence electrons. The maximum absolute atomic E-state index is 12.0. The topological polar surface area (TPSA) is 120 Å². The zero-order valence-corrected chi connectivity index (χ0v) is 18.6. The van der Waals surface area contributed by atoms with Crippen molar-refractivity contribution in [1.29, 1.82) is 0 Å². The van der Waals surface area contributed by atoms with Gasteiger partial charge in [-0.05, 0) is 30.3 Å².